The van der Waals surface area contributed by atoms with Crippen molar-refractivity contribution in [2.24, 2.45) is 0 Å². The van der Waals surface area contributed by atoms with Gasteiger partial charge in [0.25, 0.3) is 5.91 Å². The zero-order valence-electron chi connectivity index (χ0n) is 20.8. The van der Waals surface area contributed by atoms with Crippen LogP contribution in [0.3, 0.4) is 0 Å². The second-order valence-corrected chi connectivity index (χ2v) is 9.98. The maximum atomic E-state index is 13.1. The van der Waals surface area contributed by atoms with Crippen molar-refractivity contribution in [2.75, 3.05) is 19.7 Å². The number of benzene rings is 2. The van der Waals surface area contributed by atoms with Gasteiger partial charge in [-0.25, -0.2) is 10.3 Å². The molecule has 2 unspecified atom stereocenters. The number of hydroxylamine groups is 1. The average molecular weight is 491 g/mol. The number of rotatable bonds is 6. The summed E-state index contributed by atoms with van der Waals surface area (Å²) in [5.41, 5.74) is 4.62. The Morgan fingerprint density at radius 3 is 2.72 bits per heavy atom. The molecule has 3 aliphatic rings. The predicted octanol–water partition coefficient (Wildman–Crippen LogP) is 4.84. The van der Waals surface area contributed by atoms with Gasteiger partial charge < -0.3 is 9.47 Å². The van der Waals surface area contributed by atoms with Crippen LogP contribution in [-0.4, -0.2) is 48.2 Å². The zero-order chi connectivity index (χ0) is 25.0. The van der Waals surface area contributed by atoms with Crippen LogP contribution in [0.1, 0.15) is 73.0 Å². The first-order chi connectivity index (χ1) is 17.5. The monoisotopic (exact) mass is 490 g/mol. The number of hydrogen-bond acceptors (Lipinski definition) is 6. The molecule has 5 rings (SSSR count). The molecule has 2 aromatic rings. The molecule has 1 amide bonds. The Bertz CT molecular complexity index is 1100. The van der Waals surface area contributed by atoms with Crippen LogP contribution in [0.4, 0.5) is 0 Å². The van der Waals surface area contributed by atoms with Crippen LogP contribution in [0.5, 0.6) is 5.75 Å². The van der Waals surface area contributed by atoms with Crippen molar-refractivity contribution in [3.8, 4) is 5.75 Å². The van der Waals surface area contributed by atoms with E-state index < -0.39 is 11.9 Å². The molecule has 0 saturated carbocycles. The van der Waals surface area contributed by atoms with Gasteiger partial charge in [-0.3, -0.25) is 14.5 Å². The predicted molar refractivity (Wildman–Crippen MR) is 136 cm³/mol. The standard InChI is InChI=1S/C29H34N2O5/c1-21(23-7-3-2-4-8-23)31-16-14-29(15-17-31)20-25(32)24-19-22(10-12-26(24)35-29)11-13-27(33)30-36-28-9-5-6-18-34-28/h2-4,7-8,10-13,19,21,28H,5-6,9,14-18,20H2,1H3,(H,30,33)/b13-11+. The molecule has 0 bridgehead atoms. The fourth-order valence-electron chi connectivity index (χ4n) is 5.29. The fourth-order valence-corrected chi connectivity index (χ4v) is 5.29. The number of ether oxygens (including phenoxy) is 2. The molecule has 1 spiro atoms. The number of carbonyl (C=O) groups excluding carboxylic acids is 2. The molecule has 2 aromatic carbocycles. The smallest absolute Gasteiger partial charge is 0.267 e. The lowest BCUT2D eigenvalue weighted by Crippen LogP contribution is -2.51. The highest BCUT2D eigenvalue weighted by Gasteiger charge is 2.43. The third kappa shape index (κ3) is 5.69. The Kier molecular flexibility index (Phi) is 7.51. The van der Waals surface area contributed by atoms with E-state index in [0.717, 1.165) is 50.8 Å². The van der Waals surface area contributed by atoms with Crippen LogP contribution < -0.4 is 10.2 Å². The van der Waals surface area contributed by atoms with Crippen LogP contribution in [0.2, 0.25) is 0 Å². The second-order valence-electron chi connectivity index (χ2n) is 9.98. The maximum absolute atomic E-state index is 13.1. The van der Waals surface area contributed by atoms with Crippen molar-refractivity contribution in [2.45, 2.75) is 63.4 Å². The molecular formula is C29H34N2O5. The molecule has 2 saturated heterocycles. The number of nitrogens with one attached hydrogen (secondary N) is 1. The van der Waals surface area contributed by atoms with E-state index in [1.807, 2.05) is 18.2 Å². The minimum absolute atomic E-state index is 0.0956. The van der Waals surface area contributed by atoms with E-state index in [0.29, 0.717) is 30.4 Å². The van der Waals surface area contributed by atoms with Gasteiger partial charge in [-0.1, -0.05) is 36.4 Å². The van der Waals surface area contributed by atoms with Crippen LogP contribution in [0, 0.1) is 0 Å². The second kappa shape index (κ2) is 10.9. The lowest BCUT2D eigenvalue weighted by Gasteiger charge is -2.45. The number of hydrogen-bond donors (Lipinski definition) is 1. The number of amides is 1. The summed E-state index contributed by atoms with van der Waals surface area (Å²) in [7, 11) is 0. The molecule has 7 heteroatoms. The quantitative estimate of drug-likeness (QED) is 0.462. The summed E-state index contributed by atoms with van der Waals surface area (Å²) in [4.78, 5) is 33.0. The summed E-state index contributed by atoms with van der Waals surface area (Å²) < 4.78 is 11.9. The van der Waals surface area contributed by atoms with Crippen molar-refractivity contribution in [1.29, 1.82) is 0 Å². The van der Waals surface area contributed by atoms with Crippen molar-refractivity contribution < 1.29 is 23.9 Å². The third-order valence-electron chi connectivity index (χ3n) is 7.51. The van der Waals surface area contributed by atoms with Crippen LogP contribution in [0.15, 0.2) is 54.6 Å². The summed E-state index contributed by atoms with van der Waals surface area (Å²) in [6.07, 6.45) is 7.50. The van der Waals surface area contributed by atoms with E-state index in [1.54, 1.807) is 12.1 Å². The number of carbonyl (C=O) groups is 2. The zero-order valence-corrected chi connectivity index (χ0v) is 20.8. The third-order valence-corrected chi connectivity index (χ3v) is 7.51. The first-order valence-electron chi connectivity index (χ1n) is 12.9. The van der Waals surface area contributed by atoms with Gasteiger partial charge in [-0.2, -0.15) is 0 Å². The Hall–Kier alpha value is -3.00. The molecule has 3 heterocycles. The lowest BCUT2D eigenvalue weighted by atomic mass is 9.81. The summed E-state index contributed by atoms with van der Waals surface area (Å²) in [6, 6.07) is 16.4. The van der Waals surface area contributed by atoms with Gasteiger partial charge in [-0.05, 0) is 49.1 Å². The van der Waals surface area contributed by atoms with Crippen LogP contribution >= 0.6 is 0 Å². The van der Waals surface area contributed by atoms with Crippen molar-refractivity contribution in [1.82, 2.24) is 10.4 Å². The van der Waals surface area contributed by atoms with E-state index in [4.69, 9.17) is 14.3 Å². The van der Waals surface area contributed by atoms with Crippen LogP contribution in [-0.2, 0) is 14.4 Å². The van der Waals surface area contributed by atoms with Crippen molar-refractivity contribution >= 4 is 17.8 Å². The molecule has 0 aliphatic carbocycles. The highest BCUT2D eigenvalue weighted by molar-refractivity contribution is 6.01. The average Bonchev–Trinajstić information content (AvgIpc) is 2.92. The Labute approximate surface area is 212 Å². The molecular weight excluding hydrogens is 456 g/mol. The maximum Gasteiger partial charge on any atom is 0.267 e. The molecule has 0 aromatic heterocycles. The van der Waals surface area contributed by atoms with Gasteiger partial charge in [0.2, 0.25) is 0 Å². The molecule has 0 radical (unpaired) electrons. The number of fused-ring (bicyclic) bond motifs is 1. The highest BCUT2D eigenvalue weighted by Crippen LogP contribution is 2.41. The summed E-state index contributed by atoms with van der Waals surface area (Å²) in [6.45, 7) is 4.67. The molecule has 3 aliphatic heterocycles. The van der Waals surface area contributed by atoms with Gasteiger partial charge in [0, 0.05) is 51.1 Å². The first kappa shape index (κ1) is 24.7. The highest BCUT2D eigenvalue weighted by atomic mass is 16.8. The van der Waals surface area contributed by atoms with Gasteiger partial charge in [0.1, 0.15) is 11.4 Å². The topological polar surface area (TPSA) is 77.1 Å². The van der Waals surface area contributed by atoms with E-state index in [2.05, 4.69) is 41.6 Å². The summed E-state index contributed by atoms with van der Waals surface area (Å²) in [5.74, 6) is 0.355. The minimum atomic E-state index is -0.438. The Morgan fingerprint density at radius 2 is 1.97 bits per heavy atom. The molecule has 2 atom stereocenters. The van der Waals surface area contributed by atoms with Crippen LogP contribution in [0.25, 0.3) is 6.08 Å². The number of likely N-dealkylation sites (tertiary alicyclic amines) is 1. The largest absolute Gasteiger partial charge is 0.486 e. The van der Waals surface area contributed by atoms with Crippen molar-refractivity contribution in [3.05, 3.63) is 71.3 Å². The number of Topliss-reactive ketones (excluding diaryl/α,β-unsaturated/α-hetero) is 1. The van der Waals surface area contributed by atoms with E-state index in [-0.39, 0.29) is 11.7 Å². The molecule has 190 valence electrons. The van der Waals surface area contributed by atoms with Gasteiger partial charge >= 0.3 is 0 Å². The van der Waals surface area contributed by atoms with Gasteiger partial charge in [0.05, 0.1) is 12.0 Å². The minimum Gasteiger partial charge on any atom is -0.486 e. The Morgan fingerprint density at radius 1 is 1.17 bits per heavy atom. The van der Waals surface area contributed by atoms with Gasteiger partial charge in [0.15, 0.2) is 12.1 Å². The summed E-state index contributed by atoms with van der Waals surface area (Å²) >= 11 is 0. The number of piperidine rings is 1. The number of nitrogens with zero attached hydrogens (tertiary/aromatic N) is 1. The molecule has 36 heavy (non-hydrogen) atoms. The van der Waals surface area contributed by atoms with E-state index in [1.165, 1.54) is 11.6 Å². The fraction of sp³-hybridized carbons (Fsp3) is 0.448. The lowest BCUT2D eigenvalue weighted by molar-refractivity contribution is -0.198. The summed E-state index contributed by atoms with van der Waals surface area (Å²) in [5, 5.41) is 0. The van der Waals surface area contributed by atoms with Gasteiger partial charge in [-0.15, -0.1) is 0 Å². The van der Waals surface area contributed by atoms with E-state index >= 15 is 0 Å². The van der Waals surface area contributed by atoms with E-state index in [9.17, 15) is 9.59 Å². The van der Waals surface area contributed by atoms with Crippen molar-refractivity contribution in [3.63, 3.8) is 0 Å². The molecule has 1 N–H and O–H groups in total. The molecule has 7 nitrogen and oxygen atoms in total. The first-order valence-corrected chi connectivity index (χ1v) is 12.9. The molecule has 2 fully saturated rings. The normalized spacial score (nSPS) is 22.7. The number of ketones is 1. The SMILES string of the molecule is CC(c1ccccc1)N1CCC2(CC1)CC(=O)c1cc(/C=C/C(=O)NOC3CCCCO3)ccc1O2. The Balaban J connectivity index is 1.18.